The minimum absolute atomic E-state index is 0.520. The number of H-pyrrole nitrogens is 1. The fourth-order valence-electron chi connectivity index (χ4n) is 3.15. The van der Waals surface area contributed by atoms with E-state index in [4.69, 9.17) is 5.73 Å². The maximum Gasteiger partial charge on any atom is 0.153 e. The van der Waals surface area contributed by atoms with Crippen LogP contribution in [0.5, 0.6) is 0 Å². The number of rotatable bonds is 2. The Morgan fingerprint density at radius 3 is 2.82 bits per heavy atom. The van der Waals surface area contributed by atoms with Crippen LogP contribution in [0.2, 0.25) is 0 Å². The summed E-state index contributed by atoms with van der Waals surface area (Å²) >= 11 is 0. The molecule has 1 aromatic carbocycles. The molecule has 0 amide bonds. The minimum Gasteiger partial charge on any atom is -0.382 e. The third-order valence-corrected chi connectivity index (χ3v) is 4.32. The zero-order valence-corrected chi connectivity index (χ0v) is 12.3. The average Bonchev–Trinajstić information content (AvgIpc) is 2.97. The number of nitrogens with one attached hydrogen (secondary N) is 1. The third-order valence-electron chi connectivity index (χ3n) is 4.32. The molecule has 0 radical (unpaired) electrons. The van der Waals surface area contributed by atoms with Crippen molar-refractivity contribution in [1.82, 2.24) is 15.2 Å². The van der Waals surface area contributed by atoms with E-state index in [2.05, 4.69) is 33.4 Å². The molecule has 2 heterocycles. The summed E-state index contributed by atoms with van der Waals surface area (Å²) in [5.41, 5.74) is 11.5. The van der Waals surface area contributed by atoms with E-state index in [9.17, 15) is 0 Å². The van der Waals surface area contributed by atoms with E-state index in [0.29, 0.717) is 5.82 Å². The van der Waals surface area contributed by atoms with E-state index in [1.165, 1.54) is 30.4 Å². The van der Waals surface area contributed by atoms with E-state index >= 15 is 0 Å². The molecule has 110 valence electrons. The summed E-state index contributed by atoms with van der Waals surface area (Å²) in [7, 11) is 0. The average molecular weight is 290 g/mol. The Labute approximate surface area is 129 Å². The second-order valence-corrected chi connectivity index (χ2v) is 5.74. The number of aromatic nitrogens is 3. The van der Waals surface area contributed by atoms with Crippen molar-refractivity contribution in [3.05, 3.63) is 48.2 Å². The number of benzene rings is 1. The molecule has 3 N–H and O–H groups in total. The predicted octanol–water partition coefficient (Wildman–Crippen LogP) is 4.16. The number of fused-ring (bicyclic) bond motifs is 1. The standard InChI is InChI=1S/C18H18N4/c19-18-17-14(7-4-8-16(17)21-22-18)15-10-9-13(11-20-15)12-5-2-1-3-6-12/h4-5,7-11H,1-3,6H2,(H3,19,21,22). The second kappa shape index (κ2) is 5.30. The Kier molecular flexibility index (Phi) is 3.15. The number of nitrogens with two attached hydrogens (primary N) is 1. The van der Waals surface area contributed by atoms with Gasteiger partial charge in [-0.1, -0.05) is 24.3 Å². The highest BCUT2D eigenvalue weighted by atomic mass is 15.1. The van der Waals surface area contributed by atoms with Crippen LogP contribution in [0.3, 0.4) is 0 Å². The maximum atomic E-state index is 5.98. The summed E-state index contributed by atoms with van der Waals surface area (Å²) in [6.07, 6.45) is 9.24. The first kappa shape index (κ1) is 13.1. The van der Waals surface area contributed by atoms with Crippen LogP contribution < -0.4 is 5.73 Å². The van der Waals surface area contributed by atoms with Gasteiger partial charge in [0.25, 0.3) is 0 Å². The minimum atomic E-state index is 0.520. The van der Waals surface area contributed by atoms with Crippen LogP contribution in [0.15, 0.2) is 42.6 Å². The number of nitrogens with zero attached hydrogens (tertiary/aromatic N) is 2. The van der Waals surface area contributed by atoms with Crippen LogP contribution in [0.1, 0.15) is 31.2 Å². The monoisotopic (exact) mass is 290 g/mol. The van der Waals surface area contributed by atoms with Crippen LogP contribution in [0.25, 0.3) is 27.7 Å². The number of pyridine rings is 1. The molecule has 0 spiro atoms. The van der Waals surface area contributed by atoms with Crippen molar-refractivity contribution in [3.8, 4) is 11.3 Å². The number of anilines is 1. The van der Waals surface area contributed by atoms with E-state index < -0.39 is 0 Å². The molecule has 2 aromatic heterocycles. The van der Waals surface area contributed by atoms with Gasteiger partial charge in [-0.05, 0) is 49.0 Å². The first-order chi connectivity index (χ1) is 10.8. The topological polar surface area (TPSA) is 67.6 Å². The molecule has 0 bridgehead atoms. The lowest BCUT2D eigenvalue weighted by molar-refractivity contribution is 0.742. The van der Waals surface area contributed by atoms with Gasteiger partial charge in [0.15, 0.2) is 5.82 Å². The molecule has 3 aromatic rings. The van der Waals surface area contributed by atoms with Gasteiger partial charge in [0.2, 0.25) is 0 Å². The van der Waals surface area contributed by atoms with Crippen LogP contribution in [-0.4, -0.2) is 15.2 Å². The lowest BCUT2D eigenvalue weighted by atomic mass is 9.94. The zero-order valence-electron chi connectivity index (χ0n) is 12.3. The molecule has 0 unspecified atom stereocenters. The summed E-state index contributed by atoms with van der Waals surface area (Å²) < 4.78 is 0. The number of allylic oxidation sites excluding steroid dienone is 2. The van der Waals surface area contributed by atoms with Gasteiger partial charge in [-0.15, -0.1) is 0 Å². The zero-order chi connectivity index (χ0) is 14.9. The molecule has 4 rings (SSSR count). The van der Waals surface area contributed by atoms with Gasteiger partial charge in [-0.25, -0.2) is 0 Å². The number of hydrogen-bond donors (Lipinski definition) is 2. The maximum absolute atomic E-state index is 5.98. The molecule has 4 nitrogen and oxygen atoms in total. The van der Waals surface area contributed by atoms with Gasteiger partial charge in [-0.3, -0.25) is 10.1 Å². The first-order valence-corrected chi connectivity index (χ1v) is 7.71. The Bertz CT molecular complexity index is 843. The van der Waals surface area contributed by atoms with Gasteiger partial charge in [0.05, 0.1) is 16.6 Å². The lowest BCUT2D eigenvalue weighted by Crippen LogP contribution is -1.94. The van der Waals surface area contributed by atoms with Crippen molar-refractivity contribution in [2.75, 3.05) is 5.73 Å². The molecule has 22 heavy (non-hydrogen) atoms. The Morgan fingerprint density at radius 1 is 1.09 bits per heavy atom. The molecule has 4 heteroatoms. The summed E-state index contributed by atoms with van der Waals surface area (Å²) in [6.45, 7) is 0. The normalized spacial score (nSPS) is 15.0. The summed E-state index contributed by atoms with van der Waals surface area (Å²) in [4.78, 5) is 4.66. The number of nitrogen functional groups attached to an aromatic ring is 1. The first-order valence-electron chi connectivity index (χ1n) is 7.71. The second-order valence-electron chi connectivity index (χ2n) is 5.74. The summed E-state index contributed by atoms with van der Waals surface area (Å²) in [5.74, 6) is 0.520. The van der Waals surface area contributed by atoms with Crippen LogP contribution >= 0.6 is 0 Å². The summed E-state index contributed by atoms with van der Waals surface area (Å²) in [6, 6.07) is 10.2. The quantitative estimate of drug-likeness (QED) is 0.744. The van der Waals surface area contributed by atoms with Crippen molar-refractivity contribution in [2.24, 2.45) is 0 Å². The molecule has 0 saturated carbocycles. The van der Waals surface area contributed by atoms with Crippen LogP contribution in [0, 0.1) is 0 Å². The van der Waals surface area contributed by atoms with Crippen molar-refractivity contribution in [1.29, 1.82) is 0 Å². The molecule has 0 fully saturated rings. The van der Waals surface area contributed by atoms with E-state index in [1.54, 1.807) is 0 Å². The molecule has 0 aliphatic heterocycles. The van der Waals surface area contributed by atoms with Crippen molar-refractivity contribution < 1.29 is 0 Å². The van der Waals surface area contributed by atoms with Gasteiger partial charge >= 0.3 is 0 Å². The summed E-state index contributed by atoms with van der Waals surface area (Å²) in [5, 5.41) is 7.98. The SMILES string of the molecule is Nc1n[nH]c2cccc(-c3ccc(C4=CCCCC4)cn3)c12. The van der Waals surface area contributed by atoms with E-state index in [-0.39, 0.29) is 0 Å². The van der Waals surface area contributed by atoms with E-state index in [1.807, 2.05) is 24.4 Å². The largest absolute Gasteiger partial charge is 0.382 e. The van der Waals surface area contributed by atoms with Crippen LogP contribution in [-0.2, 0) is 0 Å². The Hall–Kier alpha value is -2.62. The highest BCUT2D eigenvalue weighted by Crippen LogP contribution is 2.31. The third kappa shape index (κ3) is 2.17. The molecule has 0 atom stereocenters. The molecule has 0 saturated heterocycles. The Morgan fingerprint density at radius 2 is 2.05 bits per heavy atom. The van der Waals surface area contributed by atoms with Gasteiger partial charge in [0.1, 0.15) is 0 Å². The molecular weight excluding hydrogens is 272 g/mol. The molecule has 1 aliphatic carbocycles. The highest BCUT2D eigenvalue weighted by Gasteiger charge is 2.11. The fourth-order valence-corrected chi connectivity index (χ4v) is 3.15. The van der Waals surface area contributed by atoms with Crippen molar-refractivity contribution >= 4 is 22.3 Å². The van der Waals surface area contributed by atoms with Gasteiger partial charge in [-0.2, -0.15) is 5.10 Å². The van der Waals surface area contributed by atoms with Crippen molar-refractivity contribution in [3.63, 3.8) is 0 Å². The number of aromatic amines is 1. The molecular formula is C18H18N4. The highest BCUT2D eigenvalue weighted by molar-refractivity contribution is 6.00. The van der Waals surface area contributed by atoms with E-state index in [0.717, 1.165) is 28.6 Å². The van der Waals surface area contributed by atoms with Crippen molar-refractivity contribution in [2.45, 2.75) is 25.7 Å². The fraction of sp³-hybridized carbons (Fsp3) is 0.222. The predicted molar refractivity (Wildman–Crippen MR) is 90.2 cm³/mol. The van der Waals surface area contributed by atoms with Gasteiger partial charge < -0.3 is 5.73 Å². The lowest BCUT2D eigenvalue weighted by Gasteiger charge is -2.13. The Balaban J connectivity index is 1.76. The van der Waals surface area contributed by atoms with Gasteiger partial charge in [0, 0.05) is 11.8 Å². The van der Waals surface area contributed by atoms with Crippen LogP contribution in [0.4, 0.5) is 5.82 Å². The smallest absolute Gasteiger partial charge is 0.153 e. The molecule has 1 aliphatic rings. The number of hydrogen-bond acceptors (Lipinski definition) is 3.